The van der Waals surface area contributed by atoms with Crippen LogP contribution in [-0.4, -0.2) is 24.6 Å². The number of carbonyl (C=O) groups is 1. The first-order valence-electron chi connectivity index (χ1n) is 4.99. The van der Waals surface area contributed by atoms with Crippen molar-refractivity contribution < 1.29 is 9.53 Å². The van der Waals surface area contributed by atoms with Crippen LogP contribution in [0.5, 0.6) is 5.75 Å². The van der Waals surface area contributed by atoms with E-state index in [1.54, 1.807) is 0 Å². The third-order valence-electron chi connectivity index (χ3n) is 1.99. The Hall–Kier alpha value is -1.07. The Morgan fingerprint density at radius 3 is 2.94 bits per heavy atom. The molecule has 0 aliphatic heterocycles. The van der Waals surface area contributed by atoms with E-state index in [0.717, 1.165) is 15.2 Å². The maximum atomic E-state index is 11.1. The summed E-state index contributed by atoms with van der Waals surface area (Å²) in [6.07, 6.45) is 1.06. The zero-order valence-corrected chi connectivity index (χ0v) is 10.7. The largest absolute Gasteiger partial charge is 0.494 e. The van der Waals surface area contributed by atoms with Crippen molar-refractivity contribution in [3.63, 3.8) is 0 Å². The molecule has 0 unspecified atom stereocenters. The molecule has 0 saturated heterocycles. The minimum absolute atomic E-state index is 0.0853. The molecule has 1 amide bonds. The van der Waals surface area contributed by atoms with Crippen molar-refractivity contribution in [3.05, 3.63) is 28.7 Å². The predicted octanol–water partition coefficient (Wildman–Crippen LogP) is 1.94. The standard InChI is InChI=1S/C11H15BrN2O2/c1-14(13)11(15)6-3-7-16-10-5-2-4-9(12)8-10/h2,4-5,8H,3,6-7,13H2,1H3. The fraction of sp³-hybridized carbons (Fsp3) is 0.364. The first kappa shape index (κ1) is 13.0. The van der Waals surface area contributed by atoms with E-state index < -0.39 is 0 Å². The van der Waals surface area contributed by atoms with Crippen molar-refractivity contribution in [2.75, 3.05) is 13.7 Å². The molecule has 0 spiro atoms. The van der Waals surface area contributed by atoms with Crippen LogP contribution in [0.2, 0.25) is 0 Å². The number of benzene rings is 1. The van der Waals surface area contributed by atoms with Crippen LogP contribution < -0.4 is 10.6 Å². The Balaban J connectivity index is 2.23. The topological polar surface area (TPSA) is 55.6 Å². The average molecular weight is 287 g/mol. The number of nitrogens with two attached hydrogens (primary N) is 1. The number of hydrazine groups is 1. The molecule has 0 heterocycles. The van der Waals surface area contributed by atoms with E-state index in [4.69, 9.17) is 10.6 Å². The lowest BCUT2D eigenvalue weighted by Gasteiger charge is -2.10. The van der Waals surface area contributed by atoms with Gasteiger partial charge in [0.25, 0.3) is 0 Å². The van der Waals surface area contributed by atoms with E-state index in [-0.39, 0.29) is 5.91 Å². The molecule has 88 valence electrons. The first-order valence-corrected chi connectivity index (χ1v) is 5.78. The van der Waals surface area contributed by atoms with Crippen molar-refractivity contribution in [1.29, 1.82) is 0 Å². The molecule has 0 aliphatic rings. The summed E-state index contributed by atoms with van der Waals surface area (Å²) in [5.41, 5.74) is 0. The molecule has 0 fully saturated rings. The van der Waals surface area contributed by atoms with Crippen molar-refractivity contribution in [1.82, 2.24) is 5.01 Å². The van der Waals surface area contributed by atoms with Crippen molar-refractivity contribution in [3.8, 4) is 5.75 Å². The second kappa shape index (κ2) is 6.50. The Kier molecular flexibility index (Phi) is 5.28. The van der Waals surface area contributed by atoms with Crippen molar-refractivity contribution in [2.24, 2.45) is 5.84 Å². The maximum absolute atomic E-state index is 11.1. The quantitative estimate of drug-likeness (QED) is 0.390. The summed E-state index contributed by atoms with van der Waals surface area (Å²) in [6.45, 7) is 0.510. The molecule has 0 saturated carbocycles. The normalized spacial score (nSPS) is 9.94. The van der Waals surface area contributed by atoms with E-state index in [9.17, 15) is 4.79 Å². The molecule has 0 radical (unpaired) electrons. The van der Waals surface area contributed by atoms with Gasteiger partial charge in [-0.15, -0.1) is 0 Å². The smallest absolute Gasteiger partial charge is 0.236 e. The van der Waals surface area contributed by atoms with Gasteiger partial charge in [0, 0.05) is 17.9 Å². The van der Waals surface area contributed by atoms with Gasteiger partial charge in [-0.2, -0.15) is 0 Å². The Morgan fingerprint density at radius 1 is 1.56 bits per heavy atom. The van der Waals surface area contributed by atoms with Gasteiger partial charge in [0.1, 0.15) is 5.75 Å². The summed E-state index contributed by atoms with van der Waals surface area (Å²) in [5, 5.41) is 1.10. The molecule has 1 rings (SSSR count). The second-order valence-corrected chi connectivity index (χ2v) is 4.33. The van der Waals surface area contributed by atoms with E-state index in [1.165, 1.54) is 7.05 Å². The SMILES string of the molecule is CN(N)C(=O)CCCOc1cccc(Br)c1. The highest BCUT2D eigenvalue weighted by Crippen LogP contribution is 2.17. The third kappa shape index (κ3) is 4.63. The fourth-order valence-electron chi connectivity index (χ4n) is 1.15. The highest BCUT2D eigenvalue weighted by molar-refractivity contribution is 9.10. The van der Waals surface area contributed by atoms with Crippen LogP contribution in [0.3, 0.4) is 0 Å². The molecule has 2 N–H and O–H groups in total. The van der Waals surface area contributed by atoms with Gasteiger partial charge in [0.05, 0.1) is 6.61 Å². The molecule has 0 aliphatic carbocycles. The van der Waals surface area contributed by atoms with E-state index in [0.29, 0.717) is 19.4 Å². The monoisotopic (exact) mass is 286 g/mol. The Bertz CT molecular complexity index is 356. The average Bonchev–Trinajstić information content (AvgIpc) is 2.24. The van der Waals surface area contributed by atoms with Gasteiger partial charge in [-0.25, -0.2) is 5.84 Å². The number of nitrogens with zero attached hydrogens (tertiary/aromatic N) is 1. The number of rotatable bonds is 5. The molecule has 4 nitrogen and oxygen atoms in total. The zero-order valence-electron chi connectivity index (χ0n) is 9.15. The fourth-order valence-corrected chi connectivity index (χ4v) is 1.52. The van der Waals surface area contributed by atoms with Crippen LogP contribution in [0.25, 0.3) is 0 Å². The van der Waals surface area contributed by atoms with Crippen LogP contribution in [0.15, 0.2) is 28.7 Å². The minimum Gasteiger partial charge on any atom is -0.494 e. The Labute approximate surface area is 103 Å². The molecule has 1 aromatic rings. The van der Waals surface area contributed by atoms with Crippen LogP contribution in [0.1, 0.15) is 12.8 Å². The summed E-state index contributed by atoms with van der Waals surface area (Å²) in [4.78, 5) is 11.1. The maximum Gasteiger partial charge on any atom is 0.236 e. The van der Waals surface area contributed by atoms with Crippen LogP contribution in [0, 0.1) is 0 Å². The number of ether oxygens (including phenoxy) is 1. The molecular weight excluding hydrogens is 272 g/mol. The first-order chi connectivity index (χ1) is 7.59. The minimum atomic E-state index is -0.0853. The number of carbonyl (C=O) groups excluding carboxylic acids is 1. The van der Waals surface area contributed by atoms with Gasteiger partial charge < -0.3 is 4.74 Å². The molecule has 0 atom stereocenters. The highest BCUT2D eigenvalue weighted by Gasteiger charge is 2.03. The summed E-state index contributed by atoms with van der Waals surface area (Å²) in [7, 11) is 1.54. The summed E-state index contributed by atoms with van der Waals surface area (Å²) in [6, 6.07) is 7.59. The molecule has 5 heteroatoms. The lowest BCUT2D eigenvalue weighted by Crippen LogP contribution is -2.33. The summed E-state index contributed by atoms with van der Waals surface area (Å²) >= 11 is 3.36. The van der Waals surface area contributed by atoms with Gasteiger partial charge in [-0.05, 0) is 24.6 Å². The lowest BCUT2D eigenvalue weighted by atomic mass is 10.3. The van der Waals surface area contributed by atoms with E-state index >= 15 is 0 Å². The van der Waals surface area contributed by atoms with E-state index in [1.807, 2.05) is 24.3 Å². The zero-order chi connectivity index (χ0) is 12.0. The lowest BCUT2D eigenvalue weighted by molar-refractivity contribution is -0.130. The number of hydrogen-bond acceptors (Lipinski definition) is 3. The van der Waals surface area contributed by atoms with Crippen LogP contribution >= 0.6 is 15.9 Å². The van der Waals surface area contributed by atoms with Gasteiger partial charge in [0.2, 0.25) is 5.91 Å². The summed E-state index contributed by atoms with van der Waals surface area (Å²) in [5.74, 6) is 5.99. The van der Waals surface area contributed by atoms with Gasteiger partial charge in [-0.3, -0.25) is 9.80 Å². The summed E-state index contributed by atoms with van der Waals surface area (Å²) < 4.78 is 6.45. The van der Waals surface area contributed by atoms with Crippen molar-refractivity contribution >= 4 is 21.8 Å². The van der Waals surface area contributed by atoms with Crippen molar-refractivity contribution in [2.45, 2.75) is 12.8 Å². The predicted molar refractivity (Wildman–Crippen MR) is 65.8 cm³/mol. The number of halogens is 1. The number of hydrogen-bond donors (Lipinski definition) is 1. The molecule has 1 aromatic carbocycles. The van der Waals surface area contributed by atoms with Crippen LogP contribution in [0.4, 0.5) is 0 Å². The molecule has 16 heavy (non-hydrogen) atoms. The number of amides is 1. The molecular formula is C11H15BrN2O2. The molecule has 0 aromatic heterocycles. The Morgan fingerprint density at radius 2 is 2.31 bits per heavy atom. The van der Waals surface area contributed by atoms with Crippen LogP contribution in [-0.2, 0) is 4.79 Å². The highest BCUT2D eigenvalue weighted by atomic mass is 79.9. The van der Waals surface area contributed by atoms with Gasteiger partial charge in [0.15, 0.2) is 0 Å². The van der Waals surface area contributed by atoms with Gasteiger partial charge >= 0.3 is 0 Å². The third-order valence-corrected chi connectivity index (χ3v) is 2.49. The van der Waals surface area contributed by atoms with E-state index in [2.05, 4.69) is 15.9 Å². The van der Waals surface area contributed by atoms with Gasteiger partial charge in [-0.1, -0.05) is 22.0 Å². The second-order valence-electron chi connectivity index (χ2n) is 3.41. The molecule has 0 bridgehead atoms.